The Morgan fingerprint density at radius 2 is 2.38 bits per heavy atom. The van der Waals surface area contributed by atoms with E-state index in [1.54, 1.807) is 0 Å². The summed E-state index contributed by atoms with van der Waals surface area (Å²) in [6, 6.07) is 0. The number of nitrogens with zero attached hydrogens (tertiary/aromatic N) is 3. The lowest BCUT2D eigenvalue weighted by molar-refractivity contribution is -0.121. The Labute approximate surface area is 75.7 Å². The highest BCUT2D eigenvalue weighted by atomic mass is 18.2. The highest BCUT2D eigenvalue weighted by Crippen LogP contribution is 2.02. The van der Waals surface area contributed by atoms with Crippen LogP contribution in [0.2, 0.25) is 0 Å². The Hall–Kier alpha value is -1.26. The second-order valence-corrected chi connectivity index (χ2v) is 3.17. The lowest BCUT2D eigenvalue weighted by Gasteiger charge is -1.99. The third kappa shape index (κ3) is 2.61. The highest BCUT2D eigenvalue weighted by molar-refractivity contribution is 5.82. The predicted molar refractivity (Wildman–Crippen MR) is 44.7 cm³/mol. The van der Waals surface area contributed by atoms with Gasteiger partial charge in [-0.3, -0.25) is 4.79 Å². The normalized spacial score (nSPS) is 10.8. The molecule has 0 saturated heterocycles. The van der Waals surface area contributed by atoms with Gasteiger partial charge in [0.2, 0.25) is 0 Å². The van der Waals surface area contributed by atoms with Crippen LogP contribution in [0.3, 0.4) is 0 Å². The second kappa shape index (κ2) is 4.11. The van der Waals surface area contributed by atoms with Gasteiger partial charge in [-0.15, -0.1) is 5.10 Å². The van der Waals surface area contributed by atoms with Crippen LogP contribution in [0.4, 0.5) is 4.39 Å². The first-order valence-electron chi connectivity index (χ1n) is 4.11. The number of ketones is 1. The molecule has 0 aliphatic rings. The van der Waals surface area contributed by atoms with Crippen LogP contribution >= 0.6 is 0 Å². The van der Waals surface area contributed by atoms with Crippen molar-refractivity contribution >= 4 is 5.78 Å². The van der Waals surface area contributed by atoms with E-state index in [1.807, 2.05) is 13.8 Å². The fourth-order valence-electron chi connectivity index (χ4n) is 0.861. The molecule has 0 saturated carbocycles. The third-order valence-electron chi connectivity index (χ3n) is 1.71. The first-order valence-corrected chi connectivity index (χ1v) is 4.11. The molecule has 4 nitrogen and oxygen atoms in total. The van der Waals surface area contributed by atoms with Crippen molar-refractivity contribution < 1.29 is 9.18 Å². The molecule has 0 radical (unpaired) electrons. The first kappa shape index (κ1) is 9.83. The third-order valence-corrected chi connectivity index (χ3v) is 1.71. The molecular weight excluding hydrogens is 172 g/mol. The average Bonchev–Trinajstić information content (AvgIpc) is 2.52. The van der Waals surface area contributed by atoms with Crippen LogP contribution in [0.1, 0.15) is 19.5 Å². The van der Waals surface area contributed by atoms with Crippen LogP contribution in [-0.2, 0) is 18.0 Å². The lowest BCUT2D eigenvalue weighted by atomic mass is 10.1. The van der Waals surface area contributed by atoms with Gasteiger partial charge in [0.1, 0.15) is 5.78 Å². The largest absolute Gasteiger partial charge is 0.299 e. The van der Waals surface area contributed by atoms with Crippen molar-refractivity contribution in [2.45, 2.75) is 27.1 Å². The van der Waals surface area contributed by atoms with E-state index in [2.05, 4.69) is 10.3 Å². The molecule has 1 aromatic rings. The maximum Gasteiger partial charge on any atom is 0.183 e. The van der Waals surface area contributed by atoms with Crippen LogP contribution < -0.4 is 0 Å². The maximum absolute atomic E-state index is 12.0. The molecule has 1 aromatic heterocycles. The summed E-state index contributed by atoms with van der Waals surface area (Å²) in [6.07, 6.45) is 1.68. The molecule has 13 heavy (non-hydrogen) atoms. The zero-order chi connectivity index (χ0) is 9.84. The van der Waals surface area contributed by atoms with E-state index in [9.17, 15) is 9.18 Å². The Morgan fingerprint density at radius 3 is 2.85 bits per heavy atom. The summed E-state index contributed by atoms with van der Waals surface area (Å²) in [5.74, 6) is 0.0708. The van der Waals surface area contributed by atoms with Gasteiger partial charge in [0.05, 0.1) is 18.3 Å². The Kier molecular flexibility index (Phi) is 3.11. The Balaban J connectivity index is 2.59. The Bertz CT molecular complexity index is 295. The molecule has 5 heteroatoms. The molecule has 72 valence electrons. The summed E-state index contributed by atoms with van der Waals surface area (Å²) in [4.78, 5) is 11.2. The zero-order valence-electron chi connectivity index (χ0n) is 7.70. The Morgan fingerprint density at radius 1 is 1.69 bits per heavy atom. The van der Waals surface area contributed by atoms with Crippen molar-refractivity contribution in [1.29, 1.82) is 0 Å². The van der Waals surface area contributed by atoms with Crippen molar-refractivity contribution in [2.75, 3.05) is 0 Å². The summed E-state index contributed by atoms with van der Waals surface area (Å²) in [7, 11) is 0. The summed E-state index contributed by atoms with van der Waals surface area (Å²) < 4.78 is 13.1. The minimum atomic E-state index is -0.705. The number of carbonyl (C=O) groups is 1. The van der Waals surface area contributed by atoms with Gasteiger partial charge in [0, 0.05) is 5.92 Å². The van der Waals surface area contributed by atoms with Crippen LogP contribution in [0, 0.1) is 5.92 Å². The van der Waals surface area contributed by atoms with Gasteiger partial charge < -0.3 is 0 Å². The standard InChI is InChI=1S/C8H12FN3O/c1-6(2)8(13)3-7-4-12(5-9)11-10-7/h4,6H,3,5H2,1-2H3/i9-1. The molecule has 0 atom stereocenters. The summed E-state index contributed by atoms with van der Waals surface area (Å²) in [6.45, 7) is 2.94. The van der Waals surface area contributed by atoms with Gasteiger partial charge >= 0.3 is 0 Å². The first-order chi connectivity index (χ1) is 6.13. The number of rotatable bonds is 4. The van der Waals surface area contributed by atoms with Crippen molar-refractivity contribution in [1.82, 2.24) is 15.0 Å². The maximum atomic E-state index is 12.0. The van der Waals surface area contributed by atoms with Crippen molar-refractivity contribution in [3.8, 4) is 0 Å². The number of hydrogen-bond donors (Lipinski definition) is 0. The lowest BCUT2D eigenvalue weighted by Crippen LogP contribution is -2.10. The van der Waals surface area contributed by atoms with E-state index >= 15 is 0 Å². The average molecular weight is 184 g/mol. The quantitative estimate of drug-likeness (QED) is 0.700. The number of halogens is 1. The fraction of sp³-hybridized carbons (Fsp3) is 0.625. The number of carbonyl (C=O) groups excluding carboxylic acids is 1. The van der Waals surface area contributed by atoms with Gasteiger partial charge in [-0.25, -0.2) is 9.07 Å². The molecule has 0 aliphatic carbocycles. The van der Waals surface area contributed by atoms with E-state index in [4.69, 9.17) is 0 Å². The molecule has 0 aliphatic heterocycles. The second-order valence-electron chi connectivity index (χ2n) is 3.17. The predicted octanol–water partition coefficient (Wildman–Crippen LogP) is 0.973. The van der Waals surface area contributed by atoms with E-state index in [1.165, 1.54) is 6.20 Å². The minimum absolute atomic E-state index is 0.0180. The number of Topliss-reactive ketones (excluding diaryl/α,β-unsaturated/α-hetero) is 1. The summed E-state index contributed by atoms with van der Waals surface area (Å²) in [5, 5.41) is 7.15. The van der Waals surface area contributed by atoms with Crippen LogP contribution in [0.15, 0.2) is 6.20 Å². The van der Waals surface area contributed by atoms with Crippen LogP contribution in [-0.4, -0.2) is 20.8 Å². The van der Waals surface area contributed by atoms with Gasteiger partial charge in [0.25, 0.3) is 0 Å². The molecule has 0 amide bonds. The zero-order valence-corrected chi connectivity index (χ0v) is 7.70. The van der Waals surface area contributed by atoms with Crippen LogP contribution in [0.5, 0.6) is 0 Å². The van der Waals surface area contributed by atoms with E-state index in [0.29, 0.717) is 5.69 Å². The molecule has 0 unspecified atom stereocenters. The van der Waals surface area contributed by atoms with E-state index < -0.39 is 6.80 Å². The van der Waals surface area contributed by atoms with Crippen molar-refractivity contribution in [2.24, 2.45) is 5.92 Å². The van der Waals surface area contributed by atoms with Gasteiger partial charge in [-0.05, 0) is 0 Å². The van der Waals surface area contributed by atoms with E-state index in [0.717, 1.165) is 4.68 Å². The van der Waals surface area contributed by atoms with Crippen molar-refractivity contribution in [3.05, 3.63) is 11.9 Å². The molecule has 1 heterocycles. The van der Waals surface area contributed by atoms with Crippen LogP contribution in [0.25, 0.3) is 0 Å². The van der Waals surface area contributed by atoms with Gasteiger partial charge in [-0.2, -0.15) is 0 Å². The summed E-state index contributed by atoms with van der Waals surface area (Å²) >= 11 is 0. The van der Waals surface area contributed by atoms with E-state index in [-0.39, 0.29) is 18.1 Å². The molecule has 0 aromatic carbocycles. The minimum Gasteiger partial charge on any atom is -0.299 e. The molecular formula is C8H12FN3O. The molecule has 0 fully saturated rings. The number of aromatic nitrogens is 3. The molecule has 0 N–H and O–H groups in total. The number of alkyl halides is 1. The molecule has 0 bridgehead atoms. The highest BCUT2D eigenvalue weighted by Gasteiger charge is 2.10. The molecule has 0 spiro atoms. The summed E-state index contributed by atoms with van der Waals surface area (Å²) in [5.41, 5.74) is 0.524. The smallest absolute Gasteiger partial charge is 0.183 e. The fourth-order valence-corrected chi connectivity index (χ4v) is 0.861. The van der Waals surface area contributed by atoms with Gasteiger partial charge in [0.15, 0.2) is 6.80 Å². The van der Waals surface area contributed by atoms with Gasteiger partial charge in [-0.1, -0.05) is 19.1 Å². The molecule has 1 rings (SSSR count). The topological polar surface area (TPSA) is 47.8 Å². The SMILES string of the molecule is CC(C)C(=O)Cc1cn(C[18F])nn1. The van der Waals surface area contributed by atoms with Crippen molar-refractivity contribution in [3.63, 3.8) is 0 Å². The number of hydrogen-bond acceptors (Lipinski definition) is 3. The monoisotopic (exact) mass is 184 g/mol.